The van der Waals surface area contributed by atoms with Crippen LogP contribution in [0, 0.1) is 0 Å². The van der Waals surface area contributed by atoms with E-state index in [9.17, 15) is 0 Å². The molecule has 0 aromatic carbocycles. The van der Waals surface area contributed by atoms with Crippen molar-refractivity contribution < 1.29 is 23.7 Å². The molecule has 0 amide bonds. The highest BCUT2D eigenvalue weighted by Crippen LogP contribution is 2.16. The number of unbranched alkanes of at least 4 members (excludes halogenated alkanes) is 38. The lowest BCUT2D eigenvalue weighted by Gasteiger charge is -2.08. The lowest BCUT2D eigenvalue weighted by atomic mass is 10.0. The van der Waals surface area contributed by atoms with Crippen LogP contribution in [0.3, 0.4) is 0 Å². The Balaban J connectivity index is 3.05. The van der Waals surface area contributed by atoms with Crippen molar-refractivity contribution in [1.29, 1.82) is 0 Å². The van der Waals surface area contributed by atoms with Crippen LogP contribution in [0.5, 0.6) is 0 Å². The van der Waals surface area contributed by atoms with Gasteiger partial charge in [0.2, 0.25) is 0 Å². The van der Waals surface area contributed by atoms with E-state index in [4.69, 9.17) is 23.7 Å². The predicted octanol–water partition coefficient (Wildman–Crippen LogP) is 16.7. The second-order valence-electron chi connectivity index (χ2n) is 17.5. The largest absolute Gasteiger partial charge is 0.379 e. The minimum atomic E-state index is 0.610. The maximum absolute atomic E-state index is 5.74. The first-order valence-electron chi connectivity index (χ1n) is 26.3. The SMILES string of the molecule is CCCCCCCCCCCCCCCCCCCCCCOCCOCCOCCOCCOCCCCCCCCCCCCCCCCCCCCCC. The molecular formula is C52H106O5. The molecule has 0 saturated carbocycles. The summed E-state index contributed by atoms with van der Waals surface area (Å²) in [6, 6.07) is 0. The predicted molar refractivity (Wildman–Crippen MR) is 250 cm³/mol. The molecule has 0 aliphatic carbocycles. The van der Waals surface area contributed by atoms with Crippen molar-refractivity contribution in [3.8, 4) is 0 Å². The Morgan fingerprint density at radius 3 is 0.421 bits per heavy atom. The molecule has 0 atom stereocenters. The van der Waals surface area contributed by atoms with Gasteiger partial charge in [0.25, 0.3) is 0 Å². The highest BCUT2D eigenvalue weighted by atomic mass is 16.6. The van der Waals surface area contributed by atoms with Gasteiger partial charge in [0.15, 0.2) is 0 Å². The van der Waals surface area contributed by atoms with Gasteiger partial charge in [-0.15, -0.1) is 0 Å². The van der Waals surface area contributed by atoms with Crippen molar-refractivity contribution in [3.63, 3.8) is 0 Å². The molecule has 57 heavy (non-hydrogen) atoms. The standard InChI is InChI=1S/C52H106O5/c1-3-5-7-9-11-13-15-17-19-21-23-25-27-29-31-33-35-37-39-41-43-53-45-47-55-49-51-57-52-50-56-48-46-54-44-42-40-38-36-34-32-30-28-26-24-22-20-18-16-14-12-10-8-6-4-2/h3-52H2,1-2H3. The average Bonchev–Trinajstić information content (AvgIpc) is 3.22. The second kappa shape index (κ2) is 55.8. The summed E-state index contributed by atoms with van der Waals surface area (Å²) in [5.74, 6) is 0. The Hall–Kier alpha value is -0.200. The third kappa shape index (κ3) is 55.8. The van der Waals surface area contributed by atoms with Gasteiger partial charge in [-0.25, -0.2) is 0 Å². The van der Waals surface area contributed by atoms with Crippen molar-refractivity contribution in [3.05, 3.63) is 0 Å². The van der Waals surface area contributed by atoms with Crippen LogP contribution in [-0.2, 0) is 23.7 Å². The zero-order chi connectivity index (χ0) is 40.9. The highest BCUT2D eigenvalue weighted by molar-refractivity contribution is 4.53. The van der Waals surface area contributed by atoms with E-state index in [-0.39, 0.29) is 0 Å². The van der Waals surface area contributed by atoms with E-state index < -0.39 is 0 Å². The number of hydrogen-bond acceptors (Lipinski definition) is 5. The minimum Gasteiger partial charge on any atom is -0.379 e. The Bertz CT molecular complexity index is 606. The van der Waals surface area contributed by atoms with Gasteiger partial charge in [-0.05, 0) is 12.8 Å². The Morgan fingerprint density at radius 2 is 0.263 bits per heavy atom. The van der Waals surface area contributed by atoms with Crippen LogP contribution >= 0.6 is 0 Å². The lowest BCUT2D eigenvalue weighted by molar-refractivity contribution is -0.0114. The number of rotatable bonds is 54. The van der Waals surface area contributed by atoms with Crippen molar-refractivity contribution in [2.75, 3.05) is 66.1 Å². The van der Waals surface area contributed by atoms with E-state index in [2.05, 4.69) is 13.8 Å². The summed E-state index contributed by atoms with van der Waals surface area (Å²) < 4.78 is 28.4. The fourth-order valence-electron chi connectivity index (χ4n) is 7.90. The molecule has 0 N–H and O–H groups in total. The van der Waals surface area contributed by atoms with E-state index >= 15 is 0 Å². The molecule has 5 nitrogen and oxygen atoms in total. The fourth-order valence-corrected chi connectivity index (χ4v) is 7.90. The first-order valence-corrected chi connectivity index (χ1v) is 26.3. The zero-order valence-corrected chi connectivity index (χ0v) is 39.4. The van der Waals surface area contributed by atoms with Gasteiger partial charge in [0, 0.05) is 13.2 Å². The topological polar surface area (TPSA) is 46.2 Å². The Kier molecular flexibility index (Phi) is 55.6. The molecule has 5 heteroatoms. The summed E-state index contributed by atoms with van der Waals surface area (Å²) in [4.78, 5) is 0. The van der Waals surface area contributed by atoms with Gasteiger partial charge in [-0.2, -0.15) is 0 Å². The first kappa shape index (κ1) is 56.8. The van der Waals surface area contributed by atoms with E-state index in [0.29, 0.717) is 52.9 Å². The lowest BCUT2D eigenvalue weighted by Crippen LogP contribution is -2.13. The molecular weight excluding hydrogens is 705 g/mol. The van der Waals surface area contributed by atoms with E-state index in [1.54, 1.807) is 0 Å². The minimum absolute atomic E-state index is 0.610. The average molecular weight is 811 g/mol. The van der Waals surface area contributed by atoms with E-state index in [1.807, 2.05) is 0 Å². The molecule has 0 aliphatic heterocycles. The van der Waals surface area contributed by atoms with Crippen molar-refractivity contribution >= 4 is 0 Å². The number of hydrogen-bond donors (Lipinski definition) is 0. The second-order valence-corrected chi connectivity index (χ2v) is 17.5. The molecule has 0 aliphatic rings. The summed E-state index contributed by atoms with van der Waals surface area (Å²) in [5.41, 5.74) is 0. The molecule has 0 fully saturated rings. The molecule has 0 aromatic rings. The van der Waals surface area contributed by atoms with Crippen LogP contribution in [0.4, 0.5) is 0 Å². The summed E-state index contributed by atoms with van der Waals surface area (Å²) in [5, 5.41) is 0. The smallest absolute Gasteiger partial charge is 0.0701 e. The van der Waals surface area contributed by atoms with E-state index in [1.165, 1.54) is 257 Å². The van der Waals surface area contributed by atoms with Gasteiger partial charge in [0.05, 0.1) is 52.9 Å². The molecule has 0 bridgehead atoms. The van der Waals surface area contributed by atoms with Gasteiger partial charge >= 0.3 is 0 Å². The number of ether oxygens (including phenoxy) is 5. The van der Waals surface area contributed by atoms with Crippen LogP contribution in [-0.4, -0.2) is 66.1 Å². The van der Waals surface area contributed by atoms with E-state index in [0.717, 1.165) is 13.2 Å². The Morgan fingerprint density at radius 1 is 0.140 bits per heavy atom. The molecule has 0 spiro atoms. The van der Waals surface area contributed by atoms with Crippen molar-refractivity contribution in [1.82, 2.24) is 0 Å². The van der Waals surface area contributed by atoms with Crippen LogP contribution < -0.4 is 0 Å². The van der Waals surface area contributed by atoms with Crippen molar-refractivity contribution in [2.45, 2.75) is 271 Å². The maximum atomic E-state index is 5.74. The molecule has 0 saturated heterocycles. The molecule has 0 aromatic heterocycles. The summed E-state index contributed by atoms with van der Waals surface area (Å²) in [6.45, 7) is 11.4. The van der Waals surface area contributed by atoms with Gasteiger partial charge in [-0.3, -0.25) is 0 Å². The summed E-state index contributed by atoms with van der Waals surface area (Å²) >= 11 is 0. The van der Waals surface area contributed by atoms with Crippen LogP contribution in [0.2, 0.25) is 0 Å². The summed E-state index contributed by atoms with van der Waals surface area (Å²) in [7, 11) is 0. The molecule has 0 unspecified atom stereocenters. The quantitative estimate of drug-likeness (QED) is 0.0573. The Labute approximate surface area is 359 Å². The van der Waals surface area contributed by atoms with Gasteiger partial charge in [-0.1, -0.05) is 258 Å². The van der Waals surface area contributed by atoms with Gasteiger partial charge < -0.3 is 23.7 Å². The van der Waals surface area contributed by atoms with Crippen LogP contribution in [0.15, 0.2) is 0 Å². The normalized spacial score (nSPS) is 11.7. The maximum Gasteiger partial charge on any atom is 0.0701 e. The molecule has 0 radical (unpaired) electrons. The summed E-state index contributed by atoms with van der Waals surface area (Å²) in [6.07, 6.45) is 56.7. The molecule has 0 heterocycles. The van der Waals surface area contributed by atoms with Crippen molar-refractivity contribution in [2.24, 2.45) is 0 Å². The van der Waals surface area contributed by atoms with Crippen LogP contribution in [0.1, 0.15) is 271 Å². The first-order chi connectivity index (χ1) is 28.4. The third-order valence-electron chi connectivity index (χ3n) is 11.8. The highest BCUT2D eigenvalue weighted by Gasteiger charge is 1.99. The zero-order valence-electron chi connectivity index (χ0n) is 39.4. The van der Waals surface area contributed by atoms with Crippen LogP contribution in [0.25, 0.3) is 0 Å². The third-order valence-corrected chi connectivity index (χ3v) is 11.8. The van der Waals surface area contributed by atoms with Gasteiger partial charge in [0.1, 0.15) is 0 Å². The monoisotopic (exact) mass is 811 g/mol. The molecule has 0 rings (SSSR count). The molecule has 344 valence electrons. The fraction of sp³-hybridized carbons (Fsp3) is 1.00.